The Morgan fingerprint density at radius 1 is 1.00 bits per heavy atom. The van der Waals surface area contributed by atoms with Gasteiger partial charge in [0.1, 0.15) is 10.8 Å². The van der Waals surface area contributed by atoms with Crippen molar-refractivity contribution in [3.8, 4) is 11.6 Å². The Labute approximate surface area is 181 Å². The molecular weight excluding hydrogens is 412 g/mol. The van der Waals surface area contributed by atoms with Crippen molar-refractivity contribution in [3.63, 3.8) is 0 Å². The van der Waals surface area contributed by atoms with Crippen LogP contribution < -0.4 is 10.6 Å². The van der Waals surface area contributed by atoms with Crippen LogP contribution in [0.3, 0.4) is 0 Å². The summed E-state index contributed by atoms with van der Waals surface area (Å²) in [5.74, 6) is 2.24. The van der Waals surface area contributed by atoms with Gasteiger partial charge in [0.2, 0.25) is 11.8 Å². The molecule has 4 aromatic heterocycles. The van der Waals surface area contributed by atoms with E-state index in [0.717, 1.165) is 49.1 Å². The van der Waals surface area contributed by atoms with E-state index >= 15 is 0 Å². The van der Waals surface area contributed by atoms with E-state index in [0.29, 0.717) is 23.2 Å². The number of benzene rings is 1. The molecule has 156 valence electrons. The molecule has 1 aromatic carbocycles. The third kappa shape index (κ3) is 3.39. The van der Waals surface area contributed by atoms with Crippen LogP contribution in [0.5, 0.6) is 0 Å². The van der Waals surface area contributed by atoms with Crippen molar-refractivity contribution in [1.82, 2.24) is 29.5 Å². The van der Waals surface area contributed by atoms with E-state index in [2.05, 4.69) is 43.1 Å². The standard InChI is InChI=1S/C21H20N8OS/c22-21-25-17(12-18-24-20(26-29(18)21)15-5-3-11-30-15)28-9-7-27(8-10-28)13-19-23-14-4-1-2-6-16(14)31-19/h1-6,11-12H,7-10,13H2,(H2,22,25). The van der Waals surface area contributed by atoms with Crippen LogP contribution in [0.1, 0.15) is 5.01 Å². The van der Waals surface area contributed by atoms with Crippen molar-refractivity contribution in [2.24, 2.45) is 0 Å². The number of para-hydroxylation sites is 1. The predicted octanol–water partition coefficient (Wildman–Crippen LogP) is 2.90. The van der Waals surface area contributed by atoms with Crippen molar-refractivity contribution < 1.29 is 4.42 Å². The number of fused-ring (bicyclic) bond motifs is 2. The molecule has 0 radical (unpaired) electrons. The topological polar surface area (TPSA) is 102 Å². The SMILES string of the molecule is Nc1nc(N2CCN(Cc3nc4ccccc4s3)CC2)cc2nc(-c3ccco3)nn12. The molecule has 6 rings (SSSR count). The summed E-state index contributed by atoms with van der Waals surface area (Å²) in [4.78, 5) is 18.6. The second-order valence-electron chi connectivity index (χ2n) is 7.49. The molecule has 0 unspecified atom stereocenters. The van der Waals surface area contributed by atoms with Crippen LogP contribution in [-0.4, -0.2) is 55.6 Å². The molecule has 9 nitrogen and oxygen atoms in total. The molecule has 31 heavy (non-hydrogen) atoms. The average Bonchev–Trinajstić information content (AvgIpc) is 3.53. The smallest absolute Gasteiger partial charge is 0.225 e. The molecule has 10 heteroatoms. The van der Waals surface area contributed by atoms with Crippen LogP contribution in [0.2, 0.25) is 0 Å². The number of furan rings is 1. The summed E-state index contributed by atoms with van der Waals surface area (Å²) in [7, 11) is 0. The molecule has 2 N–H and O–H groups in total. The van der Waals surface area contributed by atoms with Crippen LogP contribution in [0, 0.1) is 0 Å². The Morgan fingerprint density at radius 3 is 2.68 bits per heavy atom. The fraction of sp³-hybridized carbons (Fsp3) is 0.238. The summed E-state index contributed by atoms with van der Waals surface area (Å²) < 4.78 is 8.18. The summed E-state index contributed by atoms with van der Waals surface area (Å²) in [5, 5.41) is 5.57. The number of aromatic nitrogens is 5. The number of thiazole rings is 1. The van der Waals surface area contributed by atoms with Gasteiger partial charge in [0, 0.05) is 32.2 Å². The van der Waals surface area contributed by atoms with Crippen LogP contribution in [-0.2, 0) is 6.54 Å². The van der Waals surface area contributed by atoms with Gasteiger partial charge in [-0.3, -0.25) is 4.90 Å². The van der Waals surface area contributed by atoms with Gasteiger partial charge in [0.25, 0.3) is 0 Å². The van der Waals surface area contributed by atoms with E-state index in [1.165, 1.54) is 4.70 Å². The summed E-state index contributed by atoms with van der Waals surface area (Å²) in [5.41, 5.74) is 7.91. The Morgan fingerprint density at radius 2 is 1.87 bits per heavy atom. The molecule has 1 fully saturated rings. The molecule has 0 amide bonds. The maximum atomic E-state index is 6.17. The van der Waals surface area contributed by atoms with Gasteiger partial charge in [-0.25, -0.2) is 9.97 Å². The van der Waals surface area contributed by atoms with Crippen molar-refractivity contribution in [1.29, 1.82) is 0 Å². The van der Waals surface area contributed by atoms with Gasteiger partial charge in [-0.1, -0.05) is 12.1 Å². The van der Waals surface area contributed by atoms with E-state index in [4.69, 9.17) is 15.1 Å². The van der Waals surface area contributed by atoms with Gasteiger partial charge in [-0.05, 0) is 24.3 Å². The van der Waals surface area contributed by atoms with E-state index in [9.17, 15) is 0 Å². The lowest BCUT2D eigenvalue weighted by Gasteiger charge is -2.35. The average molecular weight is 433 g/mol. The van der Waals surface area contributed by atoms with Crippen molar-refractivity contribution in [2.45, 2.75) is 6.54 Å². The first-order valence-corrected chi connectivity index (χ1v) is 10.9. The van der Waals surface area contributed by atoms with Gasteiger partial charge in [0.15, 0.2) is 11.4 Å². The molecule has 5 heterocycles. The molecule has 0 bridgehead atoms. The zero-order chi connectivity index (χ0) is 20.8. The first-order chi connectivity index (χ1) is 15.2. The minimum absolute atomic E-state index is 0.315. The first kappa shape index (κ1) is 18.3. The van der Waals surface area contributed by atoms with Crippen LogP contribution >= 0.6 is 11.3 Å². The summed E-state index contributed by atoms with van der Waals surface area (Å²) >= 11 is 1.77. The second kappa shape index (κ2) is 7.33. The molecule has 1 aliphatic heterocycles. The van der Waals surface area contributed by atoms with E-state index in [1.54, 1.807) is 22.1 Å². The molecule has 1 aliphatic rings. The third-order valence-electron chi connectivity index (χ3n) is 5.47. The third-order valence-corrected chi connectivity index (χ3v) is 6.49. The van der Waals surface area contributed by atoms with Gasteiger partial charge >= 0.3 is 0 Å². The lowest BCUT2D eigenvalue weighted by Crippen LogP contribution is -2.46. The van der Waals surface area contributed by atoms with Gasteiger partial charge in [-0.15, -0.1) is 16.4 Å². The molecular formula is C21H20N8OS. The second-order valence-corrected chi connectivity index (χ2v) is 8.61. The summed E-state index contributed by atoms with van der Waals surface area (Å²) in [6, 6.07) is 13.9. The minimum Gasteiger partial charge on any atom is -0.461 e. The monoisotopic (exact) mass is 432 g/mol. The number of nitrogens with zero attached hydrogens (tertiary/aromatic N) is 7. The van der Waals surface area contributed by atoms with Crippen LogP contribution in [0.15, 0.2) is 53.1 Å². The lowest BCUT2D eigenvalue weighted by molar-refractivity contribution is 0.249. The molecule has 0 spiro atoms. The minimum atomic E-state index is 0.315. The van der Waals surface area contributed by atoms with Crippen LogP contribution in [0.4, 0.5) is 11.8 Å². The van der Waals surface area contributed by atoms with Crippen LogP contribution in [0.25, 0.3) is 27.4 Å². The largest absolute Gasteiger partial charge is 0.461 e. The van der Waals surface area contributed by atoms with Gasteiger partial charge < -0.3 is 15.1 Å². The highest BCUT2D eigenvalue weighted by atomic mass is 32.1. The maximum absolute atomic E-state index is 6.17. The zero-order valence-corrected chi connectivity index (χ0v) is 17.5. The summed E-state index contributed by atoms with van der Waals surface area (Å²) in [6.07, 6.45) is 1.60. The number of nitrogen functional groups attached to an aromatic ring is 1. The number of piperazine rings is 1. The van der Waals surface area contributed by atoms with Gasteiger partial charge in [-0.2, -0.15) is 9.50 Å². The van der Waals surface area contributed by atoms with E-state index in [-0.39, 0.29) is 0 Å². The molecule has 0 aliphatic carbocycles. The Hall–Kier alpha value is -3.50. The van der Waals surface area contributed by atoms with E-state index < -0.39 is 0 Å². The Balaban J connectivity index is 1.17. The predicted molar refractivity (Wildman–Crippen MR) is 120 cm³/mol. The number of nitrogens with two attached hydrogens (primary N) is 1. The van der Waals surface area contributed by atoms with E-state index in [1.807, 2.05) is 24.3 Å². The van der Waals surface area contributed by atoms with Crippen molar-refractivity contribution in [2.75, 3.05) is 36.8 Å². The lowest BCUT2D eigenvalue weighted by atomic mass is 10.3. The highest BCUT2D eigenvalue weighted by Crippen LogP contribution is 2.25. The quantitative estimate of drug-likeness (QED) is 0.463. The normalized spacial score (nSPS) is 15.3. The first-order valence-electron chi connectivity index (χ1n) is 10.1. The zero-order valence-electron chi connectivity index (χ0n) is 16.7. The fourth-order valence-corrected chi connectivity index (χ4v) is 4.89. The van der Waals surface area contributed by atoms with Crippen molar-refractivity contribution >= 4 is 39.0 Å². The molecule has 0 atom stereocenters. The number of hydrogen-bond donors (Lipinski definition) is 1. The number of hydrogen-bond acceptors (Lipinski definition) is 9. The molecule has 5 aromatic rings. The van der Waals surface area contributed by atoms with Crippen molar-refractivity contribution in [3.05, 3.63) is 53.7 Å². The number of rotatable bonds is 4. The molecule has 1 saturated heterocycles. The fourth-order valence-electron chi connectivity index (χ4n) is 3.88. The highest BCUT2D eigenvalue weighted by Gasteiger charge is 2.21. The number of anilines is 2. The summed E-state index contributed by atoms with van der Waals surface area (Å²) in [6.45, 7) is 4.48. The Kier molecular flexibility index (Phi) is 4.32. The highest BCUT2D eigenvalue weighted by molar-refractivity contribution is 7.18. The Bertz CT molecular complexity index is 1320. The maximum Gasteiger partial charge on any atom is 0.225 e. The molecule has 0 saturated carbocycles. The van der Waals surface area contributed by atoms with Gasteiger partial charge in [0.05, 0.1) is 23.0 Å².